The topological polar surface area (TPSA) is 147 Å². The number of methoxy groups -OCH3 is 1. The molecule has 1 amide bonds. The largest absolute Gasteiger partial charge is 0.504 e. The van der Waals surface area contributed by atoms with Crippen molar-refractivity contribution in [1.29, 1.82) is 0 Å². The van der Waals surface area contributed by atoms with E-state index in [1.807, 2.05) is 6.07 Å². The number of phenolic OH excluding ortho intramolecular Hbond substituents is 1. The minimum absolute atomic E-state index is 0.0305. The predicted molar refractivity (Wildman–Crippen MR) is 172 cm³/mol. The molecule has 12 heteroatoms. The van der Waals surface area contributed by atoms with Gasteiger partial charge >= 0.3 is 5.97 Å². The molecular formula is C31H48N4O6S2. The smallest absolute Gasteiger partial charge is 0.303 e. The van der Waals surface area contributed by atoms with Crippen molar-refractivity contribution in [3.63, 3.8) is 0 Å². The summed E-state index contributed by atoms with van der Waals surface area (Å²) in [7, 11) is 5.01. The van der Waals surface area contributed by atoms with Gasteiger partial charge in [0.1, 0.15) is 5.60 Å². The molecule has 1 saturated carbocycles. The predicted octanol–water partition coefficient (Wildman–Crippen LogP) is 4.35. The Bertz CT molecular complexity index is 1140. The number of ether oxygens (including phenoxy) is 2. The molecule has 3 aliphatic heterocycles. The second-order valence-electron chi connectivity index (χ2n) is 12.2. The number of rotatable bonds is 2. The third-order valence-electron chi connectivity index (χ3n) is 8.95. The van der Waals surface area contributed by atoms with Crippen molar-refractivity contribution < 1.29 is 29.3 Å². The van der Waals surface area contributed by atoms with Crippen molar-refractivity contribution in [2.75, 3.05) is 31.8 Å². The maximum Gasteiger partial charge on any atom is 0.303 e. The zero-order chi connectivity index (χ0) is 30.8. The van der Waals surface area contributed by atoms with Gasteiger partial charge in [0.05, 0.1) is 19.1 Å². The van der Waals surface area contributed by atoms with Gasteiger partial charge in [0, 0.05) is 50.7 Å². The monoisotopic (exact) mass is 636 g/mol. The molecule has 0 unspecified atom stereocenters. The van der Waals surface area contributed by atoms with E-state index in [-0.39, 0.29) is 36.0 Å². The Balaban J connectivity index is 1.51. The first-order valence-corrected chi connectivity index (χ1v) is 18.0. The number of aromatic hydroxyl groups is 1. The van der Waals surface area contributed by atoms with Gasteiger partial charge < -0.3 is 35.6 Å². The maximum atomic E-state index is 12.9. The first-order valence-electron chi connectivity index (χ1n) is 15.5. The summed E-state index contributed by atoms with van der Waals surface area (Å²) in [5, 5.41) is 25.2. The van der Waals surface area contributed by atoms with E-state index in [0.717, 1.165) is 49.8 Å². The van der Waals surface area contributed by atoms with Crippen LogP contribution in [0.25, 0.3) is 0 Å². The molecule has 1 aromatic rings. The summed E-state index contributed by atoms with van der Waals surface area (Å²) >= 11 is 0. The highest BCUT2D eigenvalue weighted by atomic mass is 33.1. The van der Waals surface area contributed by atoms with Crippen LogP contribution in [-0.4, -0.2) is 76.5 Å². The van der Waals surface area contributed by atoms with E-state index in [0.29, 0.717) is 68.3 Å². The van der Waals surface area contributed by atoms with Gasteiger partial charge in [0.15, 0.2) is 17.5 Å². The number of benzene rings is 1. The lowest BCUT2D eigenvalue weighted by molar-refractivity contribution is -0.168. The third-order valence-corrected chi connectivity index (χ3v) is 11.1. The van der Waals surface area contributed by atoms with Crippen LogP contribution in [-0.2, 0) is 27.3 Å². The van der Waals surface area contributed by atoms with Crippen LogP contribution >= 0.6 is 21.6 Å². The summed E-state index contributed by atoms with van der Waals surface area (Å²) in [4.78, 5) is 31.2. The number of aliphatic imine (C=N–C) groups is 1. The Morgan fingerprint density at radius 1 is 1.19 bits per heavy atom. The van der Waals surface area contributed by atoms with Gasteiger partial charge in [-0.15, -0.1) is 0 Å². The number of hydrogen-bond donors (Lipinski definition) is 4. The molecule has 4 atom stereocenters. The fourth-order valence-corrected chi connectivity index (χ4v) is 8.42. The fourth-order valence-electron chi connectivity index (χ4n) is 6.63. The number of hydrogen-bond acceptors (Lipinski definition) is 11. The Labute approximate surface area is 263 Å². The number of aliphatic hydroxyl groups excluding tert-OH is 1. The summed E-state index contributed by atoms with van der Waals surface area (Å²) in [6.07, 6.45) is 8.08. The van der Waals surface area contributed by atoms with Crippen LogP contribution in [0.3, 0.4) is 0 Å². The van der Waals surface area contributed by atoms with Crippen molar-refractivity contribution in [2.24, 2.45) is 22.6 Å². The number of aryl methyl sites for hydroxylation is 1. The van der Waals surface area contributed by atoms with E-state index >= 15 is 0 Å². The second-order valence-corrected chi connectivity index (χ2v) is 14.7. The van der Waals surface area contributed by atoms with Gasteiger partial charge in [-0.25, -0.2) is 4.99 Å². The van der Waals surface area contributed by atoms with Crippen LogP contribution in [0.2, 0.25) is 0 Å². The molecule has 2 fully saturated rings. The molecule has 1 saturated heterocycles. The number of carbonyl (C=O) groups is 2. The zero-order valence-corrected chi connectivity index (χ0v) is 27.1. The van der Waals surface area contributed by atoms with E-state index < -0.39 is 11.7 Å². The van der Waals surface area contributed by atoms with Crippen molar-refractivity contribution in [3.05, 3.63) is 23.3 Å². The molecule has 10 nitrogen and oxygen atoms in total. The van der Waals surface area contributed by atoms with Crippen LogP contribution in [0.4, 0.5) is 0 Å². The van der Waals surface area contributed by atoms with E-state index in [9.17, 15) is 19.8 Å². The summed E-state index contributed by atoms with van der Waals surface area (Å²) in [5.74, 6) is 2.55. The third kappa shape index (κ3) is 9.84. The highest BCUT2D eigenvalue weighted by Crippen LogP contribution is 2.41. The van der Waals surface area contributed by atoms with Gasteiger partial charge in [-0.1, -0.05) is 40.5 Å². The summed E-state index contributed by atoms with van der Waals surface area (Å²) in [6.45, 7) is 2.96. The molecule has 0 spiro atoms. The molecular weight excluding hydrogens is 588 g/mol. The van der Waals surface area contributed by atoms with E-state index in [4.69, 9.17) is 15.2 Å². The number of aliphatic hydroxyl groups is 1. The zero-order valence-electron chi connectivity index (χ0n) is 25.5. The lowest BCUT2D eigenvalue weighted by Gasteiger charge is -2.42. The van der Waals surface area contributed by atoms with E-state index in [1.54, 1.807) is 32.6 Å². The van der Waals surface area contributed by atoms with Gasteiger partial charge in [-0.2, -0.15) is 0 Å². The van der Waals surface area contributed by atoms with Crippen molar-refractivity contribution in [3.8, 4) is 11.5 Å². The molecule has 0 radical (unpaired) electrons. The van der Waals surface area contributed by atoms with E-state index in [1.165, 1.54) is 14.0 Å². The number of phenols is 1. The molecule has 240 valence electrons. The average molecular weight is 637 g/mol. The molecule has 5 rings (SSSR count). The highest BCUT2D eigenvalue weighted by molar-refractivity contribution is 8.76. The SMILES string of the molecule is COc1cc2cc(c1O)CN1C[C@@H](CCNC(N)=NCSSCCCCC[C@@H]3CC[C@@](OC(C)=O)(CC2)C[C@H]3O)CC1=O. The lowest BCUT2D eigenvalue weighted by atomic mass is 9.72. The molecule has 1 aliphatic carbocycles. The number of carbonyl (C=O) groups excluding carboxylic acids is 2. The minimum atomic E-state index is -0.732. The molecule has 43 heavy (non-hydrogen) atoms. The highest BCUT2D eigenvalue weighted by Gasteiger charge is 2.42. The number of nitrogens with two attached hydrogens (primary N) is 1. The van der Waals surface area contributed by atoms with Gasteiger partial charge in [0.25, 0.3) is 0 Å². The van der Waals surface area contributed by atoms with E-state index in [2.05, 4.69) is 10.3 Å². The summed E-state index contributed by atoms with van der Waals surface area (Å²) in [5.41, 5.74) is 6.85. The number of amides is 1. The van der Waals surface area contributed by atoms with Crippen LogP contribution < -0.4 is 15.8 Å². The normalized spacial score (nSPS) is 28.5. The van der Waals surface area contributed by atoms with Gasteiger partial charge in [-0.05, 0) is 68.4 Å². The number of guanidine groups is 1. The minimum Gasteiger partial charge on any atom is -0.504 e. The lowest BCUT2D eigenvalue weighted by Crippen LogP contribution is -2.45. The molecule has 1 aromatic carbocycles. The van der Waals surface area contributed by atoms with Crippen molar-refractivity contribution in [2.45, 2.75) is 95.8 Å². The van der Waals surface area contributed by atoms with Gasteiger partial charge in [-0.3, -0.25) is 9.59 Å². The molecule has 3 heterocycles. The molecule has 5 N–H and O–H groups in total. The van der Waals surface area contributed by atoms with Crippen LogP contribution in [0.15, 0.2) is 17.1 Å². The molecule has 0 aromatic heterocycles. The second kappa shape index (κ2) is 16.1. The first-order chi connectivity index (χ1) is 20.7. The average Bonchev–Trinajstić information content (AvgIpc) is 3.31. The Morgan fingerprint density at radius 2 is 2.02 bits per heavy atom. The number of fused-ring (bicyclic) bond motifs is 14. The Morgan fingerprint density at radius 3 is 2.79 bits per heavy atom. The van der Waals surface area contributed by atoms with Gasteiger partial charge in [0.2, 0.25) is 5.91 Å². The Kier molecular flexibility index (Phi) is 12.6. The number of esters is 1. The first kappa shape index (κ1) is 33.6. The maximum absolute atomic E-state index is 12.9. The summed E-state index contributed by atoms with van der Waals surface area (Å²) < 4.78 is 11.4. The fraction of sp³-hybridized carbons (Fsp3) is 0.710. The van der Waals surface area contributed by atoms with Crippen LogP contribution in [0.5, 0.6) is 11.5 Å². The molecule has 4 aliphatic rings. The van der Waals surface area contributed by atoms with Crippen molar-refractivity contribution >= 4 is 39.4 Å². The quantitative estimate of drug-likeness (QED) is 0.273. The standard InChI is InChI=1S/C31H48N4O6S2/c1-21(36)41-31-10-7-22-14-25(29(39)27(15-22)40-2)19-35-18-23(16-28(35)38)9-12-33-30(32)34-20-43-42-13-5-3-4-6-24(8-11-31)26(37)17-31/h14-15,23-24,26,37,39H,3-13,16-20H2,1-2H3,(H3,32,33,34)/t23-,24+,26+,31-/m0/s1. The summed E-state index contributed by atoms with van der Waals surface area (Å²) in [6, 6.07) is 3.72. The number of nitrogens with one attached hydrogen (secondary N) is 1. The Hall–Kier alpha value is -2.31. The number of nitrogens with zero attached hydrogens (tertiary/aromatic N) is 2. The van der Waals surface area contributed by atoms with Crippen LogP contribution in [0.1, 0.15) is 82.3 Å². The molecule has 6 bridgehead atoms. The van der Waals surface area contributed by atoms with Crippen molar-refractivity contribution in [1.82, 2.24) is 10.2 Å². The van der Waals surface area contributed by atoms with Crippen LogP contribution in [0, 0.1) is 11.8 Å².